The number of carbonyl (C=O) groups excluding carboxylic acids is 1. The third-order valence-electron chi connectivity index (χ3n) is 4.41. The summed E-state index contributed by atoms with van der Waals surface area (Å²) >= 11 is 0. The van der Waals surface area contributed by atoms with Gasteiger partial charge in [-0.15, -0.1) is 0 Å². The number of ether oxygens (including phenoxy) is 1. The van der Waals surface area contributed by atoms with Crippen LogP contribution in [-0.4, -0.2) is 36.2 Å². The smallest absolute Gasteiger partial charge is 0.335 e. The molecule has 2 rings (SSSR count). The summed E-state index contributed by atoms with van der Waals surface area (Å²) in [5, 5.41) is 11.8. The fourth-order valence-corrected chi connectivity index (χ4v) is 3.19. The highest BCUT2D eigenvalue weighted by Gasteiger charge is 2.25. The molecule has 0 saturated heterocycles. The van der Waals surface area contributed by atoms with Gasteiger partial charge in [-0.1, -0.05) is 12.8 Å². The van der Waals surface area contributed by atoms with Crippen LogP contribution in [0.5, 0.6) is 0 Å². The zero-order valence-electron chi connectivity index (χ0n) is 13.6. The Labute approximate surface area is 137 Å². The van der Waals surface area contributed by atoms with Crippen molar-refractivity contribution in [2.24, 2.45) is 5.92 Å². The first-order valence-electron chi connectivity index (χ1n) is 8.35. The molecule has 1 aliphatic carbocycles. The molecular formula is C18H25NO4. The van der Waals surface area contributed by atoms with Crippen LogP contribution in [0.25, 0.3) is 0 Å². The van der Waals surface area contributed by atoms with Crippen LogP contribution < -0.4 is 5.32 Å². The first-order chi connectivity index (χ1) is 11.1. The van der Waals surface area contributed by atoms with Crippen molar-refractivity contribution in [3.05, 3.63) is 35.4 Å². The van der Waals surface area contributed by atoms with E-state index in [1.165, 1.54) is 49.9 Å². The number of carboxylic acids is 1. The molecule has 0 heterocycles. The van der Waals surface area contributed by atoms with Crippen LogP contribution in [0.4, 0.5) is 0 Å². The van der Waals surface area contributed by atoms with Gasteiger partial charge >= 0.3 is 5.97 Å². The summed E-state index contributed by atoms with van der Waals surface area (Å²) in [6, 6.07) is 5.96. The molecule has 5 nitrogen and oxygen atoms in total. The van der Waals surface area contributed by atoms with Crippen molar-refractivity contribution >= 4 is 11.9 Å². The van der Waals surface area contributed by atoms with E-state index in [9.17, 15) is 9.59 Å². The average molecular weight is 319 g/mol. The second-order valence-corrected chi connectivity index (χ2v) is 5.97. The molecule has 2 N–H and O–H groups in total. The van der Waals surface area contributed by atoms with Crippen LogP contribution in [0, 0.1) is 5.92 Å². The average Bonchev–Trinajstić information content (AvgIpc) is 3.08. The number of hydrogen-bond donors (Lipinski definition) is 2. The summed E-state index contributed by atoms with van der Waals surface area (Å²) in [5.74, 6) is -0.557. The van der Waals surface area contributed by atoms with Gasteiger partial charge in [0.15, 0.2) is 0 Å². The molecule has 126 valence electrons. The largest absolute Gasteiger partial charge is 0.478 e. The van der Waals surface area contributed by atoms with Crippen LogP contribution in [0.1, 0.15) is 59.7 Å². The Bertz CT molecular complexity index is 520. The molecule has 0 bridgehead atoms. The van der Waals surface area contributed by atoms with Gasteiger partial charge < -0.3 is 15.2 Å². The number of nitrogens with one attached hydrogen (secondary N) is 1. The minimum Gasteiger partial charge on any atom is -0.478 e. The molecule has 1 aromatic rings. The minimum atomic E-state index is -0.993. The molecule has 1 fully saturated rings. The molecule has 0 aliphatic heterocycles. The van der Waals surface area contributed by atoms with Gasteiger partial charge in [0.25, 0.3) is 5.91 Å². The van der Waals surface area contributed by atoms with E-state index in [1.807, 2.05) is 6.92 Å². The monoisotopic (exact) mass is 319 g/mol. The fraction of sp³-hybridized carbons (Fsp3) is 0.556. The Balaban J connectivity index is 1.81. The lowest BCUT2D eigenvalue weighted by molar-refractivity contribution is 0.0163. The van der Waals surface area contributed by atoms with Crippen LogP contribution in [-0.2, 0) is 4.74 Å². The number of benzene rings is 1. The van der Waals surface area contributed by atoms with E-state index >= 15 is 0 Å². The molecule has 1 unspecified atom stereocenters. The zero-order chi connectivity index (χ0) is 16.7. The van der Waals surface area contributed by atoms with E-state index in [1.54, 1.807) is 0 Å². The first kappa shape index (κ1) is 17.5. The second-order valence-electron chi connectivity index (χ2n) is 5.97. The molecule has 0 spiro atoms. The molecule has 1 aromatic carbocycles. The van der Waals surface area contributed by atoms with Crippen molar-refractivity contribution in [1.29, 1.82) is 0 Å². The van der Waals surface area contributed by atoms with Crippen LogP contribution in [0.2, 0.25) is 0 Å². The highest BCUT2D eigenvalue weighted by Crippen LogP contribution is 2.30. The minimum absolute atomic E-state index is 0.177. The lowest BCUT2D eigenvalue weighted by Gasteiger charge is -2.23. The molecule has 0 radical (unpaired) electrons. The predicted molar refractivity (Wildman–Crippen MR) is 87.7 cm³/mol. The summed E-state index contributed by atoms with van der Waals surface area (Å²) in [6.07, 6.45) is 6.02. The van der Waals surface area contributed by atoms with Crippen molar-refractivity contribution in [2.45, 2.75) is 45.1 Å². The summed E-state index contributed by atoms with van der Waals surface area (Å²) in [6.45, 7) is 3.27. The maximum Gasteiger partial charge on any atom is 0.335 e. The van der Waals surface area contributed by atoms with Gasteiger partial charge in [0.05, 0.1) is 11.7 Å². The summed E-state index contributed by atoms with van der Waals surface area (Å²) in [4.78, 5) is 22.9. The van der Waals surface area contributed by atoms with E-state index in [0.717, 1.165) is 6.42 Å². The maximum absolute atomic E-state index is 12.1. The van der Waals surface area contributed by atoms with Crippen LogP contribution >= 0.6 is 0 Å². The van der Waals surface area contributed by atoms with Crippen molar-refractivity contribution in [3.63, 3.8) is 0 Å². The van der Waals surface area contributed by atoms with E-state index in [-0.39, 0.29) is 17.6 Å². The number of aromatic carboxylic acids is 1. The van der Waals surface area contributed by atoms with E-state index < -0.39 is 5.97 Å². The van der Waals surface area contributed by atoms with Gasteiger partial charge in [-0.3, -0.25) is 4.79 Å². The molecule has 1 amide bonds. The standard InChI is InChI=1S/C18H25NO4/c1-2-23-16(13-5-3-4-6-13)11-12-19-17(20)14-7-9-15(10-8-14)18(21)22/h7-10,13,16H,2-6,11-12H2,1H3,(H,19,20)(H,21,22). The van der Waals surface area contributed by atoms with Gasteiger partial charge in [0.2, 0.25) is 0 Å². The highest BCUT2D eigenvalue weighted by atomic mass is 16.5. The number of carbonyl (C=O) groups is 2. The Kier molecular flexibility index (Phi) is 6.59. The molecule has 5 heteroatoms. The first-order valence-corrected chi connectivity index (χ1v) is 8.35. The summed E-state index contributed by atoms with van der Waals surface area (Å²) < 4.78 is 5.84. The van der Waals surface area contributed by atoms with Gasteiger partial charge in [-0.05, 0) is 56.4 Å². The fourth-order valence-electron chi connectivity index (χ4n) is 3.19. The van der Waals surface area contributed by atoms with Crippen LogP contribution in [0.3, 0.4) is 0 Å². The molecule has 0 aromatic heterocycles. The topological polar surface area (TPSA) is 75.6 Å². The van der Waals surface area contributed by atoms with Crippen molar-refractivity contribution in [3.8, 4) is 0 Å². The molecule has 1 saturated carbocycles. The Morgan fingerprint density at radius 2 is 1.83 bits per heavy atom. The number of amides is 1. The van der Waals surface area contributed by atoms with Crippen molar-refractivity contribution < 1.29 is 19.4 Å². The third-order valence-corrected chi connectivity index (χ3v) is 4.41. The van der Waals surface area contributed by atoms with Crippen molar-refractivity contribution in [1.82, 2.24) is 5.32 Å². The van der Waals surface area contributed by atoms with E-state index in [4.69, 9.17) is 9.84 Å². The normalized spacial score (nSPS) is 16.2. The second kappa shape index (κ2) is 8.67. The Morgan fingerprint density at radius 3 is 2.39 bits per heavy atom. The SMILES string of the molecule is CCOC(CCNC(=O)c1ccc(C(=O)O)cc1)C1CCCC1. The van der Waals surface area contributed by atoms with E-state index in [2.05, 4.69) is 5.32 Å². The number of carboxylic acid groups (broad SMARTS) is 1. The van der Waals surface area contributed by atoms with Gasteiger partial charge in [-0.2, -0.15) is 0 Å². The summed E-state index contributed by atoms with van der Waals surface area (Å²) in [5.41, 5.74) is 0.656. The molecular weight excluding hydrogens is 294 g/mol. The Morgan fingerprint density at radius 1 is 1.22 bits per heavy atom. The summed E-state index contributed by atoms with van der Waals surface area (Å²) in [7, 11) is 0. The third kappa shape index (κ3) is 5.06. The molecule has 23 heavy (non-hydrogen) atoms. The molecule has 1 aliphatic rings. The van der Waals surface area contributed by atoms with Crippen molar-refractivity contribution in [2.75, 3.05) is 13.2 Å². The predicted octanol–water partition coefficient (Wildman–Crippen LogP) is 3.10. The number of hydrogen-bond acceptors (Lipinski definition) is 3. The van der Waals surface area contributed by atoms with E-state index in [0.29, 0.717) is 24.6 Å². The van der Waals surface area contributed by atoms with Crippen LogP contribution in [0.15, 0.2) is 24.3 Å². The number of rotatable bonds is 8. The van der Waals surface area contributed by atoms with Gasteiger partial charge in [0.1, 0.15) is 0 Å². The van der Waals surface area contributed by atoms with Gasteiger partial charge in [-0.25, -0.2) is 4.79 Å². The quantitative estimate of drug-likeness (QED) is 0.772. The Hall–Kier alpha value is -1.88. The maximum atomic E-state index is 12.1. The van der Waals surface area contributed by atoms with Gasteiger partial charge in [0, 0.05) is 18.7 Å². The lowest BCUT2D eigenvalue weighted by atomic mass is 9.98. The molecule has 1 atom stereocenters. The highest BCUT2D eigenvalue weighted by molar-refractivity contribution is 5.95. The lowest BCUT2D eigenvalue weighted by Crippen LogP contribution is -2.31. The zero-order valence-corrected chi connectivity index (χ0v) is 13.6.